The maximum Gasteiger partial charge on any atom is 0.338 e. The van der Waals surface area contributed by atoms with E-state index < -0.39 is 5.97 Å². The summed E-state index contributed by atoms with van der Waals surface area (Å²) in [5, 5.41) is 20.4. The van der Waals surface area contributed by atoms with E-state index in [2.05, 4.69) is 10.3 Å². The summed E-state index contributed by atoms with van der Waals surface area (Å²) >= 11 is 1.24. The lowest BCUT2D eigenvalue weighted by atomic mass is 10.1. The number of aryl methyl sites for hydroxylation is 1. The van der Waals surface area contributed by atoms with Crippen molar-refractivity contribution in [3.63, 3.8) is 0 Å². The minimum atomic E-state index is -1.03. The number of hydrogen-bond donors (Lipinski definition) is 2. The molecule has 0 heterocycles. The molecule has 0 saturated heterocycles. The molecule has 0 bridgehead atoms. The van der Waals surface area contributed by atoms with Gasteiger partial charge in [-0.1, -0.05) is 23.9 Å². The average Bonchev–Trinajstić information content (AvgIpc) is 2.28. The summed E-state index contributed by atoms with van der Waals surface area (Å²) in [5.41, 5.74) is 1.12. The fourth-order valence-corrected chi connectivity index (χ4v) is 1.64. The number of carbonyl (C=O) groups is 1. The van der Waals surface area contributed by atoms with Gasteiger partial charge < -0.3 is 5.11 Å². The maximum absolute atomic E-state index is 11.1. The summed E-state index contributed by atoms with van der Waals surface area (Å²) in [7, 11) is 0. The normalized spacial score (nSPS) is 10.8. The van der Waals surface area contributed by atoms with Crippen LogP contribution in [0.25, 0.3) is 0 Å². The van der Waals surface area contributed by atoms with Crippen molar-refractivity contribution in [1.29, 1.82) is 5.26 Å². The van der Waals surface area contributed by atoms with Gasteiger partial charge in [-0.05, 0) is 24.8 Å². The molecule has 0 saturated carbocycles. The summed E-state index contributed by atoms with van der Waals surface area (Å²) in [6.07, 6.45) is 3.50. The smallest absolute Gasteiger partial charge is 0.338 e. The van der Waals surface area contributed by atoms with Crippen molar-refractivity contribution in [3.05, 3.63) is 29.3 Å². The van der Waals surface area contributed by atoms with Crippen LogP contribution in [0.2, 0.25) is 0 Å². The third kappa shape index (κ3) is 3.23. The zero-order valence-corrected chi connectivity index (χ0v) is 10.2. The van der Waals surface area contributed by atoms with Crippen LogP contribution in [0.5, 0.6) is 0 Å². The Morgan fingerprint density at radius 2 is 2.29 bits per heavy atom. The van der Waals surface area contributed by atoms with Crippen LogP contribution < -0.4 is 5.32 Å². The van der Waals surface area contributed by atoms with Crippen molar-refractivity contribution in [2.45, 2.75) is 6.92 Å². The Bertz CT molecular complexity index is 506. The largest absolute Gasteiger partial charge is 0.478 e. The van der Waals surface area contributed by atoms with Gasteiger partial charge in [0.2, 0.25) is 0 Å². The molecular formula is C11H11N3O2S. The summed E-state index contributed by atoms with van der Waals surface area (Å²) in [6, 6.07) is 5.04. The second kappa shape index (κ2) is 5.92. The van der Waals surface area contributed by atoms with Gasteiger partial charge >= 0.3 is 5.97 Å². The number of carboxylic acid groups (broad SMARTS) is 1. The molecule has 0 fully saturated rings. The van der Waals surface area contributed by atoms with E-state index in [1.807, 2.05) is 0 Å². The number of nitriles is 1. The van der Waals surface area contributed by atoms with Crippen LogP contribution in [0.4, 0.5) is 5.69 Å². The first-order valence-electron chi connectivity index (χ1n) is 4.70. The molecule has 0 atom stereocenters. The van der Waals surface area contributed by atoms with Crippen molar-refractivity contribution in [1.82, 2.24) is 5.32 Å². The molecule has 0 radical (unpaired) electrons. The van der Waals surface area contributed by atoms with Crippen LogP contribution >= 0.6 is 11.8 Å². The molecular weight excluding hydrogens is 238 g/mol. The third-order valence-electron chi connectivity index (χ3n) is 2.04. The minimum absolute atomic E-state index is 0.152. The molecule has 0 unspecified atom stereocenters. The van der Waals surface area contributed by atoms with Crippen LogP contribution in [0.3, 0.4) is 0 Å². The predicted octanol–water partition coefficient (Wildman–Crippen LogP) is 2.11. The summed E-state index contributed by atoms with van der Waals surface area (Å²) in [6.45, 7) is 1.71. The Kier molecular flexibility index (Phi) is 4.55. The number of nitrogens with zero attached hydrogens (tertiary/aromatic N) is 2. The molecule has 1 rings (SSSR count). The highest BCUT2D eigenvalue weighted by molar-refractivity contribution is 8.13. The molecule has 0 aromatic heterocycles. The molecule has 88 valence electrons. The third-order valence-corrected chi connectivity index (χ3v) is 2.62. The number of carboxylic acids is 1. The Hall–Kier alpha value is -2.00. The number of hydrogen-bond acceptors (Lipinski definition) is 4. The van der Waals surface area contributed by atoms with Gasteiger partial charge in [-0.15, -0.1) is 0 Å². The van der Waals surface area contributed by atoms with E-state index in [0.29, 0.717) is 16.4 Å². The molecule has 1 aromatic rings. The highest BCUT2D eigenvalue weighted by Gasteiger charge is 2.12. The van der Waals surface area contributed by atoms with Gasteiger partial charge in [0, 0.05) is 0 Å². The quantitative estimate of drug-likeness (QED) is 0.363. The zero-order chi connectivity index (χ0) is 12.8. The topological polar surface area (TPSA) is 85.5 Å². The lowest BCUT2D eigenvalue weighted by Crippen LogP contribution is -2.13. The van der Waals surface area contributed by atoms with Crippen molar-refractivity contribution in [2.24, 2.45) is 4.99 Å². The van der Waals surface area contributed by atoms with Gasteiger partial charge in [-0.25, -0.2) is 9.79 Å². The van der Waals surface area contributed by atoms with E-state index in [-0.39, 0.29) is 5.56 Å². The SMILES string of the molecule is CSC(=Nc1cccc(C)c1C(=O)O)NC#N. The van der Waals surface area contributed by atoms with Gasteiger partial charge in [0.1, 0.15) is 0 Å². The summed E-state index contributed by atoms with van der Waals surface area (Å²) in [4.78, 5) is 15.2. The molecule has 2 N–H and O–H groups in total. The molecule has 0 amide bonds. The minimum Gasteiger partial charge on any atom is -0.478 e. The van der Waals surface area contributed by atoms with Gasteiger partial charge in [-0.3, -0.25) is 5.32 Å². The highest BCUT2D eigenvalue weighted by atomic mass is 32.2. The highest BCUT2D eigenvalue weighted by Crippen LogP contribution is 2.23. The Morgan fingerprint density at radius 3 is 2.82 bits per heavy atom. The number of nitrogens with one attached hydrogen (secondary N) is 1. The van der Waals surface area contributed by atoms with Gasteiger partial charge in [0.05, 0.1) is 11.3 Å². The number of benzene rings is 1. The molecule has 1 aromatic carbocycles. The number of amidine groups is 1. The van der Waals surface area contributed by atoms with E-state index in [1.54, 1.807) is 37.6 Å². The van der Waals surface area contributed by atoms with E-state index in [4.69, 9.17) is 10.4 Å². The number of rotatable bonds is 2. The zero-order valence-electron chi connectivity index (χ0n) is 9.39. The molecule has 5 nitrogen and oxygen atoms in total. The molecule has 0 aliphatic heterocycles. The Morgan fingerprint density at radius 1 is 1.59 bits per heavy atom. The first-order chi connectivity index (χ1) is 8.10. The van der Waals surface area contributed by atoms with Crippen molar-refractivity contribution in [2.75, 3.05) is 6.26 Å². The number of thioether (sulfide) groups is 1. The van der Waals surface area contributed by atoms with Gasteiger partial charge in [-0.2, -0.15) is 5.26 Å². The van der Waals surface area contributed by atoms with E-state index >= 15 is 0 Å². The van der Waals surface area contributed by atoms with Crippen molar-refractivity contribution >= 4 is 28.6 Å². The maximum atomic E-state index is 11.1. The Balaban J connectivity index is 3.27. The van der Waals surface area contributed by atoms with Gasteiger partial charge in [0.25, 0.3) is 0 Å². The average molecular weight is 249 g/mol. The second-order valence-corrected chi connectivity index (χ2v) is 3.93. The fourth-order valence-electron chi connectivity index (χ4n) is 1.31. The second-order valence-electron chi connectivity index (χ2n) is 3.13. The standard InChI is InChI=1S/C11H11N3O2S/c1-7-4-3-5-8(9(7)10(15)16)14-11(17-2)13-6-12/h3-5H,1-2H3,(H,13,14)(H,15,16). The van der Waals surface area contributed by atoms with Gasteiger partial charge in [0.15, 0.2) is 11.4 Å². The molecule has 0 aliphatic rings. The first kappa shape index (κ1) is 13.1. The van der Waals surface area contributed by atoms with Crippen LogP contribution in [-0.2, 0) is 0 Å². The van der Waals surface area contributed by atoms with Crippen molar-refractivity contribution in [3.8, 4) is 6.19 Å². The fraction of sp³-hybridized carbons (Fsp3) is 0.182. The number of aromatic carboxylic acids is 1. The molecule has 0 spiro atoms. The van der Waals surface area contributed by atoms with Crippen LogP contribution in [0.1, 0.15) is 15.9 Å². The molecule has 17 heavy (non-hydrogen) atoms. The van der Waals surface area contributed by atoms with E-state index in [1.165, 1.54) is 11.8 Å². The van der Waals surface area contributed by atoms with Crippen LogP contribution in [0.15, 0.2) is 23.2 Å². The molecule has 6 heteroatoms. The van der Waals surface area contributed by atoms with Crippen LogP contribution in [0, 0.1) is 18.4 Å². The summed E-state index contributed by atoms with van der Waals surface area (Å²) < 4.78 is 0. The lowest BCUT2D eigenvalue weighted by molar-refractivity contribution is 0.0697. The van der Waals surface area contributed by atoms with Crippen LogP contribution in [-0.4, -0.2) is 22.5 Å². The van der Waals surface area contributed by atoms with E-state index in [9.17, 15) is 4.79 Å². The van der Waals surface area contributed by atoms with E-state index in [0.717, 1.165) is 0 Å². The Labute approximate surface area is 103 Å². The molecule has 0 aliphatic carbocycles. The number of aliphatic imine (C=N–C) groups is 1. The first-order valence-corrected chi connectivity index (χ1v) is 5.93. The monoisotopic (exact) mass is 249 g/mol. The predicted molar refractivity (Wildman–Crippen MR) is 67.5 cm³/mol. The van der Waals surface area contributed by atoms with Crippen molar-refractivity contribution < 1.29 is 9.90 Å². The summed E-state index contributed by atoms with van der Waals surface area (Å²) in [5.74, 6) is -1.03. The lowest BCUT2D eigenvalue weighted by Gasteiger charge is -2.06.